The van der Waals surface area contributed by atoms with E-state index in [-0.39, 0.29) is 12.0 Å². The zero-order valence-electron chi connectivity index (χ0n) is 13.4. The largest absolute Gasteiger partial charge is 0.496 e. The molecule has 1 saturated heterocycles. The minimum atomic E-state index is -0.420. The van der Waals surface area contributed by atoms with Gasteiger partial charge in [-0.05, 0) is 32.0 Å². The number of morpholine rings is 1. The van der Waals surface area contributed by atoms with Gasteiger partial charge < -0.3 is 19.1 Å². The second-order valence-corrected chi connectivity index (χ2v) is 6.42. The zero-order chi connectivity index (χ0) is 16.3. The number of carbonyl (C=O) groups is 1. The quantitative estimate of drug-likeness (QED) is 0.853. The molecule has 5 nitrogen and oxygen atoms in total. The second kappa shape index (κ2) is 6.86. The molecule has 0 aliphatic carbocycles. The van der Waals surface area contributed by atoms with Crippen LogP contribution in [0.1, 0.15) is 24.2 Å². The molecule has 1 aromatic rings. The number of hydrogen-bond acceptors (Lipinski definition) is 4. The van der Waals surface area contributed by atoms with Crippen LogP contribution in [0.3, 0.4) is 0 Å². The maximum absolute atomic E-state index is 12.8. The van der Waals surface area contributed by atoms with Gasteiger partial charge in [-0.25, -0.2) is 0 Å². The van der Waals surface area contributed by atoms with E-state index in [4.69, 9.17) is 25.8 Å². The lowest BCUT2D eigenvalue weighted by Gasteiger charge is -2.42. The maximum atomic E-state index is 12.8. The Kier molecular flexibility index (Phi) is 5.32. The van der Waals surface area contributed by atoms with E-state index in [1.165, 1.54) is 7.11 Å². The molecule has 1 aliphatic rings. The third-order valence-corrected chi connectivity index (χ3v) is 3.75. The summed E-state index contributed by atoms with van der Waals surface area (Å²) in [7, 11) is 3.15. The number of benzene rings is 1. The van der Waals surface area contributed by atoms with Crippen molar-refractivity contribution in [3.63, 3.8) is 0 Å². The first-order valence-corrected chi connectivity index (χ1v) is 7.53. The fourth-order valence-electron chi connectivity index (χ4n) is 2.74. The highest BCUT2D eigenvalue weighted by Gasteiger charge is 2.36. The van der Waals surface area contributed by atoms with E-state index in [9.17, 15) is 4.79 Å². The van der Waals surface area contributed by atoms with Crippen LogP contribution < -0.4 is 4.74 Å². The normalized spacial score (nSPS) is 20.8. The molecule has 1 fully saturated rings. The van der Waals surface area contributed by atoms with Crippen LogP contribution in [0.25, 0.3) is 0 Å². The molecule has 1 atom stereocenters. The number of rotatable bonds is 4. The van der Waals surface area contributed by atoms with Gasteiger partial charge in [-0.3, -0.25) is 4.79 Å². The predicted octanol–water partition coefficient (Wildman–Crippen LogP) is 2.61. The molecule has 0 spiro atoms. The third-order valence-electron chi connectivity index (χ3n) is 3.52. The van der Waals surface area contributed by atoms with Crippen molar-refractivity contribution in [1.82, 2.24) is 4.90 Å². The molecule has 0 radical (unpaired) electrons. The Balaban J connectivity index is 2.24. The molecule has 0 unspecified atom stereocenters. The summed E-state index contributed by atoms with van der Waals surface area (Å²) in [4.78, 5) is 14.6. The van der Waals surface area contributed by atoms with Crippen LogP contribution in [0.2, 0.25) is 5.02 Å². The molecule has 2 rings (SSSR count). The summed E-state index contributed by atoms with van der Waals surface area (Å²) in [6, 6.07) is 5.03. The lowest BCUT2D eigenvalue weighted by Crippen LogP contribution is -2.55. The average Bonchev–Trinajstić information content (AvgIpc) is 2.45. The van der Waals surface area contributed by atoms with E-state index in [2.05, 4.69) is 0 Å². The number of methoxy groups -OCH3 is 2. The van der Waals surface area contributed by atoms with E-state index in [0.717, 1.165) is 0 Å². The molecule has 1 aromatic carbocycles. The van der Waals surface area contributed by atoms with Crippen LogP contribution in [-0.4, -0.2) is 56.4 Å². The summed E-state index contributed by atoms with van der Waals surface area (Å²) in [6.45, 7) is 5.38. The Bertz CT molecular complexity index is 547. The number of carbonyl (C=O) groups excluding carboxylic acids is 1. The van der Waals surface area contributed by atoms with E-state index in [0.29, 0.717) is 36.0 Å². The maximum Gasteiger partial charge on any atom is 0.257 e. The van der Waals surface area contributed by atoms with Crippen molar-refractivity contribution in [3.05, 3.63) is 28.8 Å². The zero-order valence-corrected chi connectivity index (χ0v) is 14.1. The first kappa shape index (κ1) is 17.1. The van der Waals surface area contributed by atoms with Crippen LogP contribution in [0.5, 0.6) is 5.75 Å². The summed E-state index contributed by atoms with van der Waals surface area (Å²) in [5.41, 5.74) is 0.0808. The third kappa shape index (κ3) is 3.91. The van der Waals surface area contributed by atoms with Gasteiger partial charge in [0.2, 0.25) is 0 Å². The van der Waals surface area contributed by atoms with Crippen molar-refractivity contribution in [2.45, 2.75) is 25.6 Å². The molecule has 122 valence electrons. The Labute approximate surface area is 136 Å². The van der Waals surface area contributed by atoms with Gasteiger partial charge in [0.25, 0.3) is 5.91 Å². The van der Waals surface area contributed by atoms with Gasteiger partial charge in [0.1, 0.15) is 5.75 Å². The highest BCUT2D eigenvalue weighted by atomic mass is 35.5. The van der Waals surface area contributed by atoms with Gasteiger partial charge in [-0.15, -0.1) is 0 Å². The van der Waals surface area contributed by atoms with Gasteiger partial charge >= 0.3 is 0 Å². The van der Waals surface area contributed by atoms with Crippen molar-refractivity contribution in [2.24, 2.45) is 0 Å². The molecular weight excluding hydrogens is 306 g/mol. The number of amides is 1. The van der Waals surface area contributed by atoms with E-state index < -0.39 is 5.60 Å². The lowest BCUT2D eigenvalue weighted by molar-refractivity contribution is -0.143. The minimum Gasteiger partial charge on any atom is -0.496 e. The van der Waals surface area contributed by atoms with Gasteiger partial charge in [-0.1, -0.05) is 11.6 Å². The molecule has 22 heavy (non-hydrogen) atoms. The summed E-state index contributed by atoms with van der Waals surface area (Å²) < 4.78 is 16.4. The molecule has 0 bridgehead atoms. The summed E-state index contributed by atoms with van der Waals surface area (Å²) >= 11 is 5.95. The number of hydrogen-bond donors (Lipinski definition) is 0. The van der Waals surface area contributed by atoms with Gasteiger partial charge in [0.05, 0.1) is 31.0 Å². The highest BCUT2D eigenvalue weighted by molar-refractivity contribution is 6.30. The molecule has 1 heterocycles. The lowest BCUT2D eigenvalue weighted by atomic mass is 10.0. The van der Waals surface area contributed by atoms with Crippen molar-refractivity contribution >= 4 is 17.5 Å². The summed E-state index contributed by atoms with van der Waals surface area (Å²) in [6.07, 6.45) is -0.143. The van der Waals surface area contributed by atoms with E-state index >= 15 is 0 Å². The fourth-order valence-corrected chi connectivity index (χ4v) is 2.90. The van der Waals surface area contributed by atoms with Crippen molar-refractivity contribution in [3.8, 4) is 5.75 Å². The SMILES string of the molecule is COC[C@H]1CN(C(=O)c2ccc(Cl)cc2OC)CC(C)(C)O1. The van der Waals surface area contributed by atoms with Crippen LogP contribution >= 0.6 is 11.6 Å². The van der Waals surface area contributed by atoms with Crippen LogP contribution in [0.4, 0.5) is 0 Å². The molecule has 0 aromatic heterocycles. The molecule has 0 N–H and O–H groups in total. The van der Waals surface area contributed by atoms with Gasteiger partial charge in [0.15, 0.2) is 0 Å². The van der Waals surface area contributed by atoms with Gasteiger partial charge in [-0.2, -0.15) is 0 Å². The summed E-state index contributed by atoms with van der Waals surface area (Å²) in [5.74, 6) is 0.385. The van der Waals surface area contributed by atoms with Gasteiger partial charge in [0, 0.05) is 25.2 Å². The Morgan fingerprint density at radius 2 is 2.18 bits per heavy atom. The van der Waals surface area contributed by atoms with Crippen molar-refractivity contribution in [1.29, 1.82) is 0 Å². The number of ether oxygens (including phenoxy) is 3. The van der Waals surface area contributed by atoms with Crippen LogP contribution in [0, 0.1) is 0 Å². The number of nitrogens with zero attached hydrogens (tertiary/aromatic N) is 1. The highest BCUT2D eigenvalue weighted by Crippen LogP contribution is 2.27. The van der Waals surface area contributed by atoms with Crippen molar-refractivity contribution in [2.75, 3.05) is 33.9 Å². The standard InChI is InChI=1S/C16H22ClNO4/c1-16(2)10-18(8-12(22-16)9-20-3)15(19)13-6-5-11(17)7-14(13)21-4/h5-7,12H,8-10H2,1-4H3/t12-/m1/s1. The molecule has 6 heteroatoms. The molecule has 1 aliphatic heterocycles. The topological polar surface area (TPSA) is 48.0 Å². The summed E-state index contributed by atoms with van der Waals surface area (Å²) in [5, 5.41) is 0.535. The Hall–Kier alpha value is -1.30. The van der Waals surface area contributed by atoms with Crippen LogP contribution in [0.15, 0.2) is 18.2 Å². The predicted molar refractivity (Wildman–Crippen MR) is 84.7 cm³/mol. The van der Waals surface area contributed by atoms with E-state index in [1.807, 2.05) is 13.8 Å². The molecule has 0 saturated carbocycles. The monoisotopic (exact) mass is 327 g/mol. The smallest absolute Gasteiger partial charge is 0.257 e. The van der Waals surface area contributed by atoms with E-state index in [1.54, 1.807) is 30.2 Å². The first-order chi connectivity index (χ1) is 10.4. The fraction of sp³-hybridized carbons (Fsp3) is 0.562. The Morgan fingerprint density at radius 3 is 2.82 bits per heavy atom. The molecular formula is C16H22ClNO4. The van der Waals surface area contributed by atoms with Crippen molar-refractivity contribution < 1.29 is 19.0 Å². The van der Waals surface area contributed by atoms with Crippen LogP contribution in [-0.2, 0) is 9.47 Å². The minimum absolute atomic E-state index is 0.0917. The number of halogens is 1. The first-order valence-electron chi connectivity index (χ1n) is 7.16. The Morgan fingerprint density at radius 1 is 1.45 bits per heavy atom. The second-order valence-electron chi connectivity index (χ2n) is 5.99. The molecule has 1 amide bonds. The average molecular weight is 328 g/mol.